The number of aromatic amines is 1. The van der Waals surface area contributed by atoms with E-state index < -0.39 is 5.25 Å². The quantitative estimate of drug-likeness (QED) is 0.769. The van der Waals surface area contributed by atoms with Crippen molar-refractivity contribution in [2.75, 3.05) is 11.9 Å². The highest BCUT2D eigenvalue weighted by molar-refractivity contribution is 8.00. The lowest BCUT2D eigenvalue weighted by Crippen LogP contribution is -2.27. The second-order valence-electron chi connectivity index (χ2n) is 6.12. The summed E-state index contributed by atoms with van der Waals surface area (Å²) >= 11 is 1.26. The van der Waals surface area contributed by atoms with E-state index in [9.17, 15) is 9.59 Å². The van der Waals surface area contributed by atoms with E-state index in [0.717, 1.165) is 30.7 Å². The number of carbonyl (C=O) groups is 1. The SMILES string of the molecule is Cc1ccccc1NC(=O)[C@H](C)Sc1n[nH]c(=O)n1C[C@H]1CCCO1. The molecule has 3 rings (SSSR count). The molecule has 2 heterocycles. The molecule has 1 aromatic carbocycles. The lowest BCUT2D eigenvalue weighted by atomic mass is 10.2. The summed E-state index contributed by atoms with van der Waals surface area (Å²) in [6.07, 6.45) is 1.98. The molecular weight excluding hydrogens is 340 g/mol. The first-order valence-electron chi connectivity index (χ1n) is 8.34. The molecule has 1 aliphatic rings. The fourth-order valence-electron chi connectivity index (χ4n) is 2.71. The van der Waals surface area contributed by atoms with E-state index in [0.29, 0.717) is 11.7 Å². The molecule has 0 spiro atoms. The molecule has 0 saturated carbocycles. The Hall–Kier alpha value is -2.06. The highest BCUT2D eigenvalue weighted by Crippen LogP contribution is 2.23. The van der Waals surface area contributed by atoms with Crippen LogP contribution in [0, 0.1) is 6.92 Å². The third-order valence-corrected chi connectivity index (χ3v) is 5.28. The van der Waals surface area contributed by atoms with Crippen LogP contribution in [0.4, 0.5) is 5.69 Å². The summed E-state index contributed by atoms with van der Waals surface area (Å²) in [7, 11) is 0. The minimum absolute atomic E-state index is 0.0331. The maximum Gasteiger partial charge on any atom is 0.344 e. The highest BCUT2D eigenvalue weighted by atomic mass is 32.2. The van der Waals surface area contributed by atoms with Crippen LogP contribution in [-0.2, 0) is 16.1 Å². The van der Waals surface area contributed by atoms with E-state index in [1.807, 2.05) is 31.2 Å². The largest absolute Gasteiger partial charge is 0.376 e. The van der Waals surface area contributed by atoms with Gasteiger partial charge in [-0.15, -0.1) is 5.10 Å². The Balaban J connectivity index is 1.66. The summed E-state index contributed by atoms with van der Waals surface area (Å²) in [5.74, 6) is -0.126. The molecule has 1 aromatic heterocycles. The van der Waals surface area contributed by atoms with Gasteiger partial charge in [0, 0.05) is 12.3 Å². The van der Waals surface area contributed by atoms with Crippen molar-refractivity contribution in [3.05, 3.63) is 40.3 Å². The number of nitrogens with zero attached hydrogens (tertiary/aromatic N) is 2. The van der Waals surface area contributed by atoms with E-state index >= 15 is 0 Å². The molecule has 1 amide bonds. The molecule has 8 heteroatoms. The van der Waals surface area contributed by atoms with Crippen molar-refractivity contribution in [2.45, 2.75) is 49.7 Å². The topological polar surface area (TPSA) is 89.0 Å². The Kier molecular flexibility index (Phi) is 5.60. The van der Waals surface area contributed by atoms with Crippen LogP contribution in [0.3, 0.4) is 0 Å². The fourth-order valence-corrected chi connectivity index (χ4v) is 3.57. The molecule has 0 bridgehead atoms. The molecule has 134 valence electrons. The van der Waals surface area contributed by atoms with E-state index in [-0.39, 0.29) is 17.7 Å². The monoisotopic (exact) mass is 362 g/mol. The third kappa shape index (κ3) is 4.32. The number of ether oxygens (including phenoxy) is 1. The Morgan fingerprint density at radius 1 is 1.52 bits per heavy atom. The molecular formula is C17H22N4O3S. The second-order valence-corrected chi connectivity index (χ2v) is 7.43. The number of hydrogen-bond donors (Lipinski definition) is 2. The molecule has 0 radical (unpaired) electrons. The predicted molar refractivity (Wildman–Crippen MR) is 96.9 cm³/mol. The van der Waals surface area contributed by atoms with Crippen LogP contribution in [0.1, 0.15) is 25.3 Å². The van der Waals surface area contributed by atoms with Crippen LogP contribution in [0.15, 0.2) is 34.2 Å². The van der Waals surface area contributed by atoms with Gasteiger partial charge in [-0.1, -0.05) is 30.0 Å². The molecule has 2 aromatic rings. The first-order valence-corrected chi connectivity index (χ1v) is 9.22. The number of anilines is 1. The number of carbonyl (C=O) groups excluding carboxylic acids is 1. The normalized spacial score (nSPS) is 18.2. The van der Waals surface area contributed by atoms with Gasteiger partial charge < -0.3 is 10.1 Å². The zero-order valence-corrected chi connectivity index (χ0v) is 15.1. The number of thioether (sulfide) groups is 1. The van der Waals surface area contributed by atoms with Crippen LogP contribution >= 0.6 is 11.8 Å². The van der Waals surface area contributed by atoms with Gasteiger partial charge in [-0.25, -0.2) is 9.89 Å². The summed E-state index contributed by atoms with van der Waals surface area (Å²) in [6.45, 7) is 4.94. The molecule has 0 aliphatic carbocycles. The molecule has 25 heavy (non-hydrogen) atoms. The summed E-state index contributed by atoms with van der Waals surface area (Å²) in [5, 5.41) is 9.56. The lowest BCUT2D eigenvalue weighted by molar-refractivity contribution is -0.115. The van der Waals surface area contributed by atoms with Gasteiger partial charge in [-0.3, -0.25) is 9.36 Å². The maximum absolute atomic E-state index is 12.4. The fraction of sp³-hybridized carbons (Fsp3) is 0.471. The number of para-hydroxylation sites is 1. The average molecular weight is 362 g/mol. The maximum atomic E-state index is 12.4. The first-order chi connectivity index (χ1) is 12.0. The molecule has 2 atom stereocenters. The van der Waals surface area contributed by atoms with Crippen LogP contribution in [-0.4, -0.2) is 38.6 Å². The third-order valence-electron chi connectivity index (χ3n) is 4.19. The van der Waals surface area contributed by atoms with Crippen LogP contribution in [0.25, 0.3) is 0 Å². The molecule has 1 fully saturated rings. The number of aryl methyl sites for hydroxylation is 1. The Morgan fingerprint density at radius 2 is 2.32 bits per heavy atom. The van der Waals surface area contributed by atoms with Crippen LogP contribution < -0.4 is 11.0 Å². The Labute approximate surface area is 150 Å². The van der Waals surface area contributed by atoms with Crippen molar-refractivity contribution in [3.63, 3.8) is 0 Å². The number of aromatic nitrogens is 3. The summed E-state index contributed by atoms with van der Waals surface area (Å²) in [4.78, 5) is 24.4. The van der Waals surface area contributed by atoms with E-state index in [2.05, 4.69) is 15.5 Å². The van der Waals surface area contributed by atoms with E-state index in [1.165, 1.54) is 11.8 Å². The van der Waals surface area contributed by atoms with Gasteiger partial charge in [-0.05, 0) is 38.3 Å². The van der Waals surface area contributed by atoms with Crippen LogP contribution in [0.2, 0.25) is 0 Å². The minimum Gasteiger partial charge on any atom is -0.376 e. The second kappa shape index (κ2) is 7.88. The van der Waals surface area contributed by atoms with Crippen molar-refractivity contribution in [1.29, 1.82) is 0 Å². The minimum atomic E-state index is -0.391. The molecule has 1 saturated heterocycles. The van der Waals surface area contributed by atoms with E-state index in [4.69, 9.17) is 4.74 Å². The summed E-state index contributed by atoms with van der Waals surface area (Å²) in [6, 6.07) is 7.62. The Morgan fingerprint density at radius 3 is 3.04 bits per heavy atom. The highest BCUT2D eigenvalue weighted by Gasteiger charge is 2.23. The number of nitrogens with one attached hydrogen (secondary N) is 2. The zero-order chi connectivity index (χ0) is 17.8. The molecule has 7 nitrogen and oxygen atoms in total. The number of amides is 1. The van der Waals surface area contributed by atoms with Gasteiger partial charge in [-0.2, -0.15) is 0 Å². The van der Waals surface area contributed by atoms with Crippen molar-refractivity contribution < 1.29 is 9.53 Å². The average Bonchev–Trinajstić information content (AvgIpc) is 3.22. The van der Waals surface area contributed by atoms with Gasteiger partial charge in [0.15, 0.2) is 5.16 Å². The van der Waals surface area contributed by atoms with Gasteiger partial charge in [0.05, 0.1) is 17.9 Å². The van der Waals surface area contributed by atoms with Gasteiger partial charge in [0.25, 0.3) is 0 Å². The van der Waals surface area contributed by atoms with Crippen LogP contribution in [0.5, 0.6) is 0 Å². The molecule has 0 unspecified atom stereocenters. The van der Waals surface area contributed by atoms with Gasteiger partial charge in [0.2, 0.25) is 5.91 Å². The molecule has 1 aliphatic heterocycles. The Bertz CT molecular complexity index is 795. The zero-order valence-electron chi connectivity index (χ0n) is 14.3. The van der Waals surface area contributed by atoms with Crippen molar-refractivity contribution in [3.8, 4) is 0 Å². The smallest absolute Gasteiger partial charge is 0.344 e. The number of rotatable bonds is 6. The number of hydrogen-bond acceptors (Lipinski definition) is 5. The van der Waals surface area contributed by atoms with Crippen molar-refractivity contribution in [2.24, 2.45) is 0 Å². The predicted octanol–water partition coefficient (Wildman–Crippen LogP) is 2.18. The van der Waals surface area contributed by atoms with Gasteiger partial charge >= 0.3 is 5.69 Å². The number of benzene rings is 1. The summed E-state index contributed by atoms with van der Waals surface area (Å²) in [5.41, 5.74) is 1.52. The molecule has 2 N–H and O–H groups in total. The van der Waals surface area contributed by atoms with E-state index in [1.54, 1.807) is 11.5 Å². The lowest BCUT2D eigenvalue weighted by Gasteiger charge is -2.14. The number of H-pyrrole nitrogens is 1. The first kappa shape index (κ1) is 17.8. The summed E-state index contributed by atoms with van der Waals surface area (Å²) < 4.78 is 7.14. The van der Waals surface area contributed by atoms with Crippen molar-refractivity contribution >= 4 is 23.4 Å². The van der Waals surface area contributed by atoms with Gasteiger partial charge in [0.1, 0.15) is 0 Å². The standard InChI is InChI=1S/C17H22N4O3S/c1-11-6-3-4-8-14(11)18-15(22)12(2)25-17-20-19-16(23)21(17)10-13-7-5-9-24-13/h3-4,6,8,12-13H,5,7,9-10H2,1-2H3,(H,18,22)(H,19,23)/t12-,13+/m0/s1. The van der Waals surface area contributed by atoms with Crippen molar-refractivity contribution in [1.82, 2.24) is 14.8 Å².